The van der Waals surface area contributed by atoms with Gasteiger partial charge >= 0.3 is 0 Å². The molecule has 20 heavy (non-hydrogen) atoms. The SMILES string of the molecule is CCCNc1ncccc1CN1CCC(NC(C)=O)C1. The van der Waals surface area contributed by atoms with Crippen molar-refractivity contribution in [2.24, 2.45) is 0 Å². The zero-order chi connectivity index (χ0) is 14.4. The van der Waals surface area contributed by atoms with Crippen molar-refractivity contribution < 1.29 is 4.79 Å². The number of aromatic nitrogens is 1. The molecule has 1 saturated heterocycles. The molecule has 2 rings (SSSR count). The molecule has 1 aliphatic heterocycles. The van der Waals surface area contributed by atoms with Crippen LogP contribution in [0.4, 0.5) is 5.82 Å². The van der Waals surface area contributed by atoms with E-state index in [1.807, 2.05) is 12.3 Å². The average molecular weight is 276 g/mol. The predicted molar refractivity (Wildman–Crippen MR) is 80.5 cm³/mol. The summed E-state index contributed by atoms with van der Waals surface area (Å²) in [6.45, 7) is 7.49. The van der Waals surface area contributed by atoms with Gasteiger partial charge < -0.3 is 10.6 Å². The van der Waals surface area contributed by atoms with Gasteiger partial charge in [-0.05, 0) is 18.9 Å². The maximum atomic E-state index is 11.1. The molecular formula is C15H24N4O. The first-order valence-electron chi connectivity index (χ1n) is 7.36. The van der Waals surface area contributed by atoms with E-state index in [2.05, 4.69) is 33.5 Å². The number of amides is 1. The Labute approximate surface area is 120 Å². The van der Waals surface area contributed by atoms with Gasteiger partial charge in [-0.25, -0.2) is 4.98 Å². The Bertz CT molecular complexity index is 449. The lowest BCUT2D eigenvalue weighted by Crippen LogP contribution is -2.35. The third kappa shape index (κ3) is 4.20. The molecule has 2 heterocycles. The van der Waals surface area contributed by atoms with E-state index in [1.54, 1.807) is 6.92 Å². The minimum atomic E-state index is 0.0588. The number of anilines is 1. The van der Waals surface area contributed by atoms with Crippen LogP contribution >= 0.6 is 0 Å². The molecule has 0 bridgehead atoms. The molecule has 0 saturated carbocycles. The molecule has 0 spiro atoms. The van der Waals surface area contributed by atoms with Gasteiger partial charge in [-0.1, -0.05) is 13.0 Å². The molecule has 1 atom stereocenters. The van der Waals surface area contributed by atoms with Crippen molar-refractivity contribution in [2.75, 3.05) is 25.0 Å². The summed E-state index contributed by atoms with van der Waals surface area (Å²) in [7, 11) is 0. The summed E-state index contributed by atoms with van der Waals surface area (Å²) in [5.74, 6) is 1.04. The van der Waals surface area contributed by atoms with Crippen LogP contribution in [0.3, 0.4) is 0 Å². The van der Waals surface area contributed by atoms with Crippen molar-refractivity contribution in [2.45, 2.75) is 39.3 Å². The van der Waals surface area contributed by atoms with Crippen molar-refractivity contribution in [1.82, 2.24) is 15.2 Å². The molecule has 5 heteroatoms. The van der Waals surface area contributed by atoms with Crippen LogP contribution in [-0.2, 0) is 11.3 Å². The molecule has 1 fully saturated rings. The van der Waals surface area contributed by atoms with Gasteiger partial charge in [0.05, 0.1) is 0 Å². The van der Waals surface area contributed by atoms with Gasteiger partial charge in [0, 0.05) is 50.9 Å². The first-order valence-corrected chi connectivity index (χ1v) is 7.36. The van der Waals surface area contributed by atoms with Gasteiger partial charge in [-0.3, -0.25) is 9.69 Å². The highest BCUT2D eigenvalue weighted by atomic mass is 16.1. The van der Waals surface area contributed by atoms with Crippen LogP contribution in [0.2, 0.25) is 0 Å². The van der Waals surface area contributed by atoms with Crippen LogP contribution in [0.5, 0.6) is 0 Å². The van der Waals surface area contributed by atoms with Crippen molar-refractivity contribution >= 4 is 11.7 Å². The Kier molecular flexibility index (Phi) is 5.35. The number of nitrogens with one attached hydrogen (secondary N) is 2. The number of nitrogens with zero attached hydrogens (tertiary/aromatic N) is 2. The summed E-state index contributed by atoms with van der Waals surface area (Å²) >= 11 is 0. The Hall–Kier alpha value is -1.62. The smallest absolute Gasteiger partial charge is 0.217 e. The second-order valence-electron chi connectivity index (χ2n) is 5.36. The third-order valence-corrected chi connectivity index (χ3v) is 3.51. The van der Waals surface area contributed by atoms with Crippen LogP contribution in [-0.4, -0.2) is 41.5 Å². The Morgan fingerprint density at radius 2 is 2.40 bits per heavy atom. The number of rotatable bonds is 6. The highest BCUT2D eigenvalue weighted by Gasteiger charge is 2.23. The fourth-order valence-electron chi connectivity index (χ4n) is 2.59. The molecule has 0 aliphatic carbocycles. The number of pyridine rings is 1. The lowest BCUT2D eigenvalue weighted by molar-refractivity contribution is -0.119. The van der Waals surface area contributed by atoms with E-state index in [9.17, 15) is 4.79 Å². The van der Waals surface area contributed by atoms with E-state index in [4.69, 9.17) is 0 Å². The molecule has 0 aromatic carbocycles. The Morgan fingerprint density at radius 1 is 1.55 bits per heavy atom. The number of likely N-dealkylation sites (tertiary alicyclic amines) is 1. The molecule has 110 valence electrons. The summed E-state index contributed by atoms with van der Waals surface area (Å²) in [6.07, 6.45) is 3.94. The number of carbonyl (C=O) groups excluding carboxylic acids is 1. The summed E-state index contributed by atoms with van der Waals surface area (Å²) in [6, 6.07) is 4.39. The molecule has 1 aliphatic rings. The molecule has 1 amide bonds. The van der Waals surface area contributed by atoms with E-state index >= 15 is 0 Å². The molecule has 1 unspecified atom stereocenters. The molecule has 2 N–H and O–H groups in total. The van der Waals surface area contributed by atoms with Crippen LogP contribution in [0.25, 0.3) is 0 Å². The highest BCUT2D eigenvalue weighted by molar-refractivity contribution is 5.73. The van der Waals surface area contributed by atoms with Gasteiger partial charge in [0.15, 0.2) is 0 Å². The molecule has 0 radical (unpaired) electrons. The Balaban J connectivity index is 1.92. The van der Waals surface area contributed by atoms with Gasteiger partial charge in [0.2, 0.25) is 5.91 Å². The van der Waals surface area contributed by atoms with Crippen LogP contribution < -0.4 is 10.6 Å². The Morgan fingerprint density at radius 3 is 3.15 bits per heavy atom. The topological polar surface area (TPSA) is 57.3 Å². The fourth-order valence-corrected chi connectivity index (χ4v) is 2.59. The lowest BCUT2D eigenvalue weighted by atomic mass is 10.2. The summed E-state index contributed by atoms with van der Waals surface area (Å²) < 4.78 is 0. The minimum Gasteiger partial charge on any atom is -0.370 e. The molecule has 1 aromatic rings. The van der Waals surface area contributed by atoms with Crippen molar-refractivity contribution in [3.8, 4) is 0 Å². The summed E-state index contributed by atoms with van der Waals surface area (Å²) in [5.41, 5.74) is 1.23. The zero-order valence-electron chi connectivity index (χ0n) is 12.4. The number of hydrogen-bond acceptors (Lipinski definition) is 4. The van der Waals surface area contributed by atoms with Gasteiger partial charge in [0.1, 0.15) is 5.82 Å². The maximum absolute atomic E-state index is 11.1. The first-order chi connectivity index (χ1) is 9.69. The van der Waals surface area contributed by atoms with Crippen LogP contribution in [0.15, 0.2) is 18.3 Å². The standard InChI is InChI=1S/C15H24N4O/c1-3-7-16-15-13(5-4-8-17-15)10-19-9-6-14(11-19)18-12(2)20/h4-5,8,14H,3,6-7,9-11H2,1-2H3,(H,16,17)(H,18,20). The van der Waals surface area contributed by atoms with Crippen molar-refractivity contribution in [3.63, 3.8) is 0 Å². The molecular weight excluding hydrogens is 252 g/mol. The van der Waals surface area contributed by atoms with E-state index in [-0.39, 0.29) is 11.9 Å². The maximum Gasteiger partial charge on any atom is 0.217 e. The van der Waals surface area contributed by atoms with E-state index in [1.165, 1.54) is 5.56 Å². The number of carbonyl (C=O) groups is 1. The van der Waals surface area contributed by atoms with Gasteiger partial charge in [-0.2, -0.15) is 0 Å². The first kappa shape index (κ1) is 14.8. The largest absolute Gasteiger partial charge is 0.370 e. The average Bonchev–Trinajstić information content (AvgIpc) is 2.84. The van der Waals surface area contributed by atoms with Gasteiger partial charge in [0.25, 0.3) is 0 Å². The van der Waals surface area contributed by atoms with E-state index < -0.39 is 0 Å². The summed E-state index contributed by atoms with van der Waals surface area (Å²) in [5, 5.41) is 6.37. The summed E-state index contributed by atoms with van der Waals surface area (Å²) in [4.78, 5) is 17.9. The quantitative estimate of drug-likeness (QED) is 0.829. The van der Waals surface area contributed by atoms with Crippen molar-refractivity contribution in [1.29, 1.82) is 0 Å². The van der Waals surface area contributed by atoms with Crippen LogP contribution in [0.1, 0.15) is 32.3 Å². The third-order valence-electron chi connectivity index (χ3n) is 3.51. The number of hydrogen-bond donors (Lipinski definition) is 2. The van der Waals surface area contributed by atoms with E-state index in [0.29, 0.717) is 0 Å². The van der Waals surface area contributed by atoms with Gasteiger partial charge in [-0.15, -0.1) is 0 Å². The molecule has 5 nitrogen and oxygen atoms in total. The van der Waals surface area contributed by atoms with Crippen LogP contribution in [0, 0.1) is 0 Å². The monoisotopic (exact) mass is 276 g/mol. The second-order valence-corrected chi connectivity index (χ2v) is 5.36. The normalized spacial score (nSPS) is 19.0. The predicted octanol–water partition coefficient (Wildman–Crippen LogP) is 1.61. The van der Waals surface area contributed by atoms with E-state index in [0.717, 1.165) is 44.8 Å². The zero-order valence-corrected chi connectivity index (χ0v) is 12.4. The fraction of sp³-hybridized carbons (Fsp3) is 0.600. The van der Waals surface area contributed by atoms with Crippen molar-refractivity contribution in [3.05, 3.63) is 23.9 Å². The highest BCUT2D eigenvalue weighted by Crippen LogP contribution is 2.18. The minimum absolute atomic E-state index is 0.0588. The lowest BCUT2D eigenvalue weighted by Gasteiger charge is -2.18. The molecule has 1 aromatic heterocycles. The second kappa shape index (κ2) is 7.24.